The maximum Gasteiger partial charge on any atom is 0.226 e. The normalized spacial score (nSPS) is 10.6. The van der Waals surface area contributed by atoms with Gasteiger partial charge < -0.3 is 0 Å². The van der Waals surface area contributed by atoms with Crippen LogP contribution in [0.3, 0.4) is 0 Å². The molecule has 1 aromatic heterocycles. The van der Waals surface area contributed by atoms with Crippen molar-refractivity contribution in [2.75, 3.05) is 0 Å². The van der Waals surface area contributed by atoms with Crippen molar-refractivity contribution in [1.29, 1.82) is 0 Å². The van der Waals surface area contributed by atoms with Crippen LogP contribution in [0.4, 0.5) is 13.2 Å². The first-order valence-electron chi connectivity index (χ1n) is 6.34. The van der Waals surface area contributed by atoms with E-state index in [2.05, 4.69) is 4.98 Å². The molecule has 3 rings (SSSR count). The Morgan fingerprint density at radius 2 is 0.952 bits per heavy atom. The van der Waals surface area contributed by atoms with Gasteiger partial charge in [0, 0.05) is 0 Å². The minimum Gasteiger partial charge on any atom is -0.205 e. The summed E-state index contributed by atoms with van der Waals surface area (Å²) < 4.78 is 42.4. The lowest BCUT2D eigenvalue weighted by Crippen LogP contribution is -2.02. The van der Waals surface area contributed by atoms with Crippen LogP contribution in [0.15, 0.2) is 60.7 Å². The van der Waals surface area contributed by atoms with Gasteiger partial charge in [-0.3, -0.25) is 0 Å². The molecule has 0 aliphatic rings. The Bertz CT molecular complexity index is 707. The lowest BCUT2D eigenvalue weighted by Gasteiger charge is -2.10. The highest BCUT2D eigenvalue weighted by Gasteiger charge is 2.22. The van der Waals surface area contributed by atoms with Gasteiger partial charge in [0.1, 0.15) is 5.82 Å². The summed E-state index contributed by atoms with van der Waals surface area (Å²) in [5.41, 5.74) is -0.0129. The van der Waals surface area contributed by atoms with Crippen LogP contribution in [-0.4, -0.2) is 4.98 Å². The van der Waals surface area contributed by atoms with Gasteiger partial charge in [-0.05, 0) is 11.1 Å². The van der Waals surface area contributed by atoms with Crippen molar-refractivity contribution < 1.29 is 13.2 Å². The third kappa shape index (κ3) is 2.40. The predicted octanol–water partition coefficient (Wildman–Crippen LogP) is 4.83. The van der Waals surface area contributed by atoms with Crippen molar-refractivity contribution >= 4 is 0 Å². The average Bonchev–Trinajstić information content (AvgIpc) is 2.49. The lowest BCUT2D eigenvalue weighted by molar-refractivity contribution is 0.496. The van der Waals surface area contributed by atoms with E-state index in [1.165, 1.54) is 0 Å². The van der Waals surface area contributed by atoms with E-state index in [4.69, 9.17) is 0 Å². The largest absolute Gasteiger partial charge is 0.226 e. The van der Waals surface area contributed by atoms with Crippen molar-refractivity contribution in [1.82, 2.24) is 4.98 Å². The van der Waals surface area contributed by atoms with Gasteiger partial charge in [0.15, 0.2) is 0 Å². The Balaban J connectivity index is 2.29. The molecule has 2 aromatic carbocycles. The van der Waals surface area contributed by atoms with Gasteiger partial charge in [0.2, 0.25) is 11.9 Å². The van der Waals surface area contributed by atoms with E-state index in [9.17, 15) is 13.2 Å². The fourth-order valence-electron chi connectivity index (χ4n) is 2.21. The number of halogens is 3. The second-order valence-electron chi connectivity index (χ2n) is 4.49. The lowest BCUT2D eigenvalue weighted by atomic mass is 10.0. The Hall–Kier alpha value is -2.62. The van der Waals surface area contributed by atoms with E-state index < -0.39 is 17.7 Å². The van der Waals surface area contributed by atoms with E-state index >= 15 is 0 Å². The maximum absolute atomic E-state index is 14.6. The number of hydrogen-bond donors (Lipinski definition) is 0. The fraction of sp³-hybridized carbons (Fsp3) is 0. The van der Waals surface area contributed by atoms with Crippen molar-refractivity contribution in [2.24, 2.45) is 0 Å². The molecule has 0 unspecified atom stereocenters. The number of aromatic nitrogens is 1. The molecular weight excluding hydrogens is 275 g/mol. The van der Waals surface area contributed by atoms with Crippen molar-refractivity contribution in [2.45, 2.75) is 0 Å². The summed E-state index contributed by atoms with van der Waals surface area (Å²) in [5.74, 6) is -3.26. The molecule has 0 saturated carbocycles. The van der Waals surface area contributed by atoms with E-state index in [0.29, 0.717) is 11.1 Å². The summed E-state index contributed by atoms with van der Waals surface area (Å²) in [6.07, 6.45) is 0. The molecule has 0 amide bonds. The Morgan fingerprint density at radius 3 is 1.33 bits per heavy atom. The standard InChI is InChI=1S/C17H10F3N/c18-15-13(11-7-3-1-4-8-11)16(19)21-17(20)14(15)12-9-5-2-6-10-12/h1-10H. The van der Waals surface area contributed by atoms with Crippen LogP contribution < -0.4 is 0 Å². The number of rotatable bonds is 2. The smallest absolute Gasteiger partial charge is 0.205 e. The van der Waals surface area contributed by atoms with E-state index in [-0.39, 0.29) is 11.1 Å². The topological polar surface area (TPSA) is 12.9 Å². The molecule has 0 fully saturated rings. The summed E-state index contributed by atoms with van der Waals surface area (Å²) in [6, 6.07) is 16.3. The van der Waals surface area contributed by atoms with Gasteiger partial charge in [-0.2, -0.15) is 13.8 Å². The molecule has 0 aliphatic heterocycles. The fourth-order valence-corrected chi connectivity index (χ4v) is 2.21. The Kier molecular flexibility index (Phi) is 3.44. The van der Waals surface area contributed by atoms with Gasteiger partial charge in [-0.15, -0.1) is 0 Å². The van der Waals surface area contributed by atoms with Crippen LogP contribution in [0.1, 0.15) is 0 Å². The summed E-state index contributed by atoms with van der Waals surface area (Å²) in [4.78, 5) is 3.21. The van der Waals surface area contributed by atoms with Gasteiger partial charge in [0.05, 0.1) is 11.1 Å². The molecule has 0 N–H and O–H groups in total. The van der Waals surface area contributed by atoms with Crippen LogP contribution in [-0.2, 0) is 0 Å². The number of hydrogen-bond acceptors (Lipinski definition) is 1. The van der Waals surface area contributed by atoms with Gasteiger partial charge in [0.25, 0.3) is 0 Å². The van der Waals surface area contributed by atoms with Gasteiger partial charge in [-0.25, -0.2) is 4.39 Å². The quantitative estimate of drug-likeness (QED) is 0.614. The molecule has 104 valence electrons. The second kappa shape index (κ2) is 5.40. The van der Waals surface area contributed by atoms with Crippen LogP contribution in [0.2, 0.25) is 0 Å². The minimum atomic E-state index is -1.16. The Morgan fingerprint density at radius 1 is 0.571 bits per heavy atom. The monoisotopic (exact) mass is 285 g/mol. The predicted molar refractivity (Wildman–Crippen MR) is 75.0 cm³/mol. The first-order chi connectivity index (χ1) is 10.2. The van der Waals surface area contributed by atoms with E-state index in [0.717, 1.165) is 0 Å². The highest BCUT2D eigenvalue weighted by atomic mass is 19.1. The molecule has 0 aliphatic carbocycles. The van der Waals surface area contributed by atoms with Gasteiger partial charge in [-0.1, -0.05) is 60.7 Å². The number of benzene rings is 2. The molecule has 1 heterocycles. The molecule has 0 atom stereocenters. The average molecular weight is 285 g/mol. The maximum atomic E-state index is 14.6. The van der Waals surface area contributed by atoms with E-state index in [1.54, 1.807) is 60.7 Å². The molecule has 4 heteroatoms. The zero-order chi connectivity index (χ0) is 14.8. The third-order valence-corrected chi connectivity index (χ3v) is 3.17. The SMILES string of the molecule is Fc1nc(F)c(-c2ccccc2)c(F)c1-c1ccccc1. The molecular formula is C17H10F3N. The van der Waals surface area contributed by atoms with Crippen molar-refractivity contribution in [3.63, 3.8) is 0 Å². The molecule has 21 heavy (non-hydrogen) atoms. The van der Waals surface area contributed by atoms with Crippen molar-refractivity contribution in [3.8, 4) is 22.3 Å². The zero-order valence-electron chi connectivity index (χ0n) is 10.9. The Labute approximate surface area is 119 Å². The molecule has 0 saturated heterocycles. The first-order valence-corrected chi connectivity index (χ1v) is 6.34. The first kappa shape index (κ1) is 13.4. The third-order valence-electron chi connectivity index (χ3n) is 3.17. The molecule has 1 nitrogen and oxygen atoms in total. The minimum absolute atomic E-state index is 0.317. The summed E-state index contributed by atoms with van der Waals surface area (Å²) >= 11 is 0. The van der Waals surface area contributed by atoms with Gasteiger partial charge >= 0.3 is 0 Å². The number of nitrogens with zero attached hydrogens (tertiary/aromatic N) is 1. The molecule has 0 spiro atoms. The van der Waals surface area contributed by atoms with E-state index in [1.807, 2.05) is 0 Å². The van der Waals surface area contributed by atoms with Crippen LogP contribution >= 0.6 is 0 Å². The highest BCUT2D eigenvalue weighted by molar-refractivity contribution is 5.73. The summed E-state index contributed by atoms with van der Waals surface area (Å²) in [6.45, 7) is 0. The summed E-state index contributed by atoms with van der Waals surface area (Å²) in [5, 5.41) is 0. The zero-order valence-corrected chi connectivity index (χ0v) is 10.9. The highest BCUT2D eigenvalue weighted by Crippen LogP contribution is 2.33. The van der Waals surface area contributed by atoms with Crippen LogP contribution in [0, 0.1) is 17.7 Å². The second-order valence-corrected chi connectivity index (χ2v) is 4.49. The van der Waals surface area contributed by atoms with Crippen molar-refractivity contribution in [3.05, 3.63) is 78.4 Å². The van der Waals surface area contributed by atoms with Crippen LogP contribution in [0.25, 0.3) is 22.3 Å². The molecule has 0 radical (unpaired) electrons. The van der Waals surface area contributed by atoms with Crippen LogP contribution in [0.5, 0.6) is 0 Å². The molecule has 0 bridgehead atoms. The number of pyridine rings is 1. The summed E-state index contributed by atoms with van der Waals surface area (Å²) in [7, 11) is 0. The molecule has 3 aromatic rings.